The van der Waals surface area contributed by atoms with Crippen molar-refractivity contribution in [2.45, 2.75) is 13.0 Å². The molecule has 2 aromatic heterocycles. The Morgan fingerprint density at radius 3 is 2.86 bits per heavy atom. The fraction of sp³-hybridized carbons (Fsp3) is 0.200. The second-order valence-electron chi connectivity index (χ2n) is 4.81. The van der Waals surface area contributed by atoms with Crippen molar-refractivity contribution in [1.82, 2.24) is 14.8 Å². The van der Waals surface area contributed by atoms with E-state index in [0.29, 0.717) is 24.0 Å². The van der Waals surface area contributed by atoms with Gasteiger partial charge in [-0.2, -0.15) is 0 Å². The van der Waals surface area contributed by atoms with E-state index >= 15 is 0 Å². The number of aryl methyl sites for hydroxylation is 1. The maximum Gasteiger partial charge on any atom is 0.315 e. The van der Waals surface area contributed by atoms with Crippen molar-refractivity contribution in [3.05, 3.63) is 65.6 Å². The lowest BCUT2D eigenvalue weighted by Gasteiger charge is -1.99. The number of benzene rings is 1. The topological polar surface area (TPSA) is 55.9 Å². The van der Waals surface area contributed by atoms with Crippen LogP contribution in [0.5, 0.6) is 0 Å². The predicted molar refractivity (Wildman–Crippen MR) is 76.2 cm³/mol. The van der Waals surface area contributed by atoms with E-state index in [9.17, 15) is 4.39 Å². The SMILES string of the molecule is Cn1ccc(CNc2nnc(Cc3ccccc3F)o2)c1. The maximum atomic E-state index is 13.5. The number of nitrogens with zero attached hydrogens (tertiary/aromatic N) is 3. The standard InChI is InChI=1S/C15H15FN4O/c1-20-7-6-11(10-20)9-17-15-19-18-14(21-15)8-12-4-2-3-5-13(12)16/h2-7,10H,8-9H2,1H3,(H,17,19). The molecule has 21 heavy (non-hydrogen) atoms. The van der Waals surface area contributed by atoms with E-state index in [0.717, 1.165) is 5.56 Å². The summed E-state index contributed by atoms with van der Waals surface area (Å²) in [5.74, 6) is 0.116. The molecule has 0 saturated heterocycles. The van der Waals surface area contributed by atoms with Crippen LogP contribution in [0.4, 0.5) is 10.4 Å². The molecular weight excluding hydrogens is 271 g/mol. The molecule has 0 fully saturated rings. The molecule has 0 amide bonds. The van der Waals surface area contributed by atoms with E-state index < -0.39 is 0 Å². The number of anilines is 1. The van der Waals surface area contributed by atoms with Crippen molar-refractivity contribution in [2.75, 3.05) is 5.32 Å². The van der Waals surface area contributed by atoms with Gasteiger partial charge in [0.15, 0.2) is 0 Å². The average Bonchev–Trinajstić information content (AvgIpc) is 3.08. The van der Waals surface area contributed by atoms with Gasteiger partial charge in [-0.25, -0.2) is 4.39 Å². The Balaban J connectivity index is 1.62. The highest BCUT2D eigenvalue weighted by Crippen LogP contribution is 2.14. The van der Waals surface area contributed by atoms with Crippen LogP contribution in [-0.2, 0) is 20.0 Å². The number of hydrogen-bond donors (Lipinski definition) is 1. The zero-order chi connectivity index (χ0) is 14.7. The number of aromatic nitrogens is 3. The molecule has 0 saturated carbocycles. The second kappa shape index (κ2) is 5.78. The predicted octanol–water partition coefficient (Wildman–Crippen LogP) is 2.75. The minimum absolute atomic E-state index is 0.269. The summed E-state index contributed by atoms with van der Waals surface area (Å²) < 4.78 is 21.0. The molecule has 6 heteroatoms. The van der Waals surface area contributed by atoms with Gasteiger partial charge in [0.2, 0.25) is 5.89 Å². The Kier molecular flexibility index (Phi) is 3.68. The van der Waals surface area contributed by atoms with Crippen molar-refractivity contribution < 1.29 is 8.81 Å². The summed E-state index contributed by atoms with van der Waals surface area (Å²) in [4.78, 5) is 0. The smallest absolute Gasteiger partial charge is 0.315 e. The fourth-order valence-electron chi connectivity index (χ4n) is 2.04. The van der Waals surface area contributed by atoms with Crippen molar-refractivity contribution in [1.29, 1.82) is 0 Å². The van der Waals surface area contributed by atoms with Gasteiger partial charge >= 0.3 is 6.01 Å². The van der Waals surface area contributed by atoms with E-state index in [4.69, 9.17) is 4.42 Å². The fourth-order valence-corrected chi connectivity index (χ4v) is 2.04. The lowest BCUT2D eigenvalue weighted by Crippen LogP contribution is -1.98. The lowest BCUT2D eigenvalue weighted by atomic mass is 10.1. The largest absolute Gasteiger partial charge is 0.408 e. The molecule has 0 aliphatic rings. The molecule has 0 aliphatic heterocycles. The van der Waals surface area contributed by atoms with Crippen LogP contribution < -0.4 is 5.32 Å². The van der Waals surface area contributed by atoms with Gasteiger partial charge in [0.25, 0.3) is 0 Å². The number of hydrogen-bond acceptors (Lipinski definition) is 4. The van der Waals surface area contributed by atoms with Gasteiger partial charge in [-0.15, -0.1) is 5.10 Å². The third-order valence-electron chi connectivity index (χ3n) is 3.10. The Morgan fingerprint density at radius 2 is 2.10 bits per heavy atom. The molecule has 108 valence electrons. The van der Waals surface area contributed by atoms with E-state index in [2.05, 4.69) is 15.5 Å². The van der Waals surface area contributed by atoms with Crippen LogP contribution in [0.25, 0.3) is 0 Å². The molecular formula is C15H15FN4O. The molecule has 1 N–H and O–H groups in total. The Morgan fingerprint density at radius 1 is 1.24 bits per heavy atom. The van der Waals surface area contributed by atoms with Crippen molar-refractivity contribution >= 4 is 6.01 Å². The van der Waals surface area contributed by atoms with Crippen molar-refractivity contribution in [3.63, 3.8) is 0 Å². The first-order chi connectivity index (χ1) is 10.2. The van der Waals surface area contributed by atoms with Crippen LogP contribution in [0.15, 0.2) is 47.1 Å². The minimum atomic E-state index is -0.269. The van der Waals surface area contributed by atoms with Crippen LogP contribution in [0, 0.1) is 5.82 Å². The van der Waals surface area contributed by atoms with Crippen molar-refractivity contribution in [2.24, 2.45) is 7.05 Å². The number of halogens is 1. The Bertz CT molecular complexity index is 735. The minimum Gasteiger partial charge on any atom is -0.408 e. The molecule has 1 aromatic carbocycles. The summed E-state index contributed by atoms with van der Waals surface area (Å²) in [6.45, 7) is 0.599. The molecule has 3 rings (SSSR count). The van der Waals surface area contributed by atoms with Crippen LogP contribution in [-0.4, -0.2) is 14.8 Å². The summed E-state index contributed by atoms with van der Waals surface area (Å²) in [5.41, 5.74) is 1.65. The first-order valence-corrected chi connectivity index (χ1v) is 6.61. The van der Waals surface area contributed by atoms with Crippen LogP contribution in [0.3, 0.4) is 0 Å². The van der Waals surface area contributed by atoms with Crippen LogP contribution in [0.2, 0.25) is 0 Å². The van der Waals surface area contributed by atoms with Gasteiger partial charge in [0.1, 0.15) is 5.82 Å². The first-order valence-electron chi connectivity index (χ1n) is 6.61. The van der Waals surface area contributed by atoms with Gasteiger partial charge in [0.05, 0.1) is 6.42 Å². The highest BCUT2D eigenvalue weighted by Gasteiger charge is 2.09. The normalized spacial score (nSPS) is 10.8. The molecule has 5 nitrogen and oxygen atoms in total. The first kappa shape index (κ1) is 13.4. The van der Waals surface area contributed by atoms with Gasteiger partial charge < -0.3 is 14.3 Å². The third kappa shape index (κ3) is 3.28. The van der Waals surface area contributed by atoms with E-state index in [1.807, 2.05) is 30.1 Å². The molecule has 0 radical (unpaired) electrons. The summed E-state index contributed by atoms with van der Waals surface area (Å²) in [6, 6.07) is 8.90. The lowest BCUT2D eigenvalue weighted by molar-refractivity contribution is 0.510. The summed E-state index contributed by atoms with van der Waals surface area (Å²) >= 11 is 0. The molecule has 0 atom stereocenters. The molecule has 0 spiro atoms. The summed E-state index contributed by atoms with van der Waals surface area (Å²) in [7, 11) is 1.96. The average molecular weight is 286 g/mol. The van der Waals surface area contributed by atoms with Gasteiger partial charge in [0, 0.05) is 26.0 Å². The molecule has 3 aromatic rings. The van der Waals surface area contributed by atoms with E-state index in [1.165, 1.54) is 6.07 Å². The van der Waals surface area contributed by atoms with Gasteiger partial charge in [-0.3, -0.25) is 0 Å². The molecule has 0 aliphatic carbocycles. The molecule has 0 bridgehead atoms. The Labute approximate surface area is 121 Å². The zero-order valence-electron chi connectivity index (χ0n) is 11.6. The third-order valence-corrected chi connectivity index (χ3v) is 3.10. The number of rotatable bonds is 5. The van der Waals surface area contributed by atoms with Gasteiger partial charge in [-0.1, -0.05) is 23.3 Å². The van der Waals surface area contributed by atoms with Crippen LogP contribution in [0.1, 0.15) is 17.0 Å². The quantitative estimate of drug-likeness (QED) is 0.783. The Hall–Kier alpha value is -2.63. The summed E-state index contributed by atoms with van der Waals surface area (Å²) in [5, 5.41) is 10.9. The number of nitrogens with one attached hydrogen (secondary N) is 1. The van der Waals surface area contributed by atoms with E-state index in [1.54, 1.807) is 18.2 Å². The summed E-state index contributed by atoms with van der Waals surface area (Å²) in [6.07, 6.45) is 4.25. The van der Waals surface area contributed by atoms with E-state index in [-0.39, 0.29) is 12.2 Å². The van der Waals surface area contributed by atoms with Crippen molar-refractivity contribution in [3.8, 4) is 0 Å². The van der Waals surface area contributed by atoms with Crippen LogP contribution >= 0.6 is 0 Å². The molecule has 0 unspecified atom stereocenters. The monoisotopic (exact) mass is 286 g/mol. The molecule has 2 heterocycles. The maximum absolute atomic E-state index is 13.5. The highest BCUT2D eigenvalue weighted by atomic mass is 19.1. The highest BCUT2D eigenvalue weighted by molar-refractivity contribution is 5.24. The zero-order valence-corrected chi connectivity index (χ0v) is 11.6. The second-order valence-corrected chi connectivity index (χ2v) is 4.81. The van der Waals surface area contributed by atoms with Gasteiger partial charge in [-0.05, 0) is 23.3 Å².